The fourth-order valence-electron chi connectivity index (χ4n) is 1.75. The molecule has 0 amide bonds. The Kier molecular flexibility index (Phi) is 4.20. The molecule has 0 atom stereocenters. The first kappa shape index (κ1) is 14.7. The maximum absolute atomic E-state index is 12.0. The lowest BCUT2D eigenvalue weighted by molar-refractivity contribution is 0.0464. The second-order valence-corrected chi connectivity index (χ2v) is 5.07. The summed E-state index contributed by atoms with van der Waals surface area (Å²) in [6.07, 6.45) is 0. The maximum atomic E-state index is 12.0. The number of halogens is 2. The summed E-state index contributed by atoms with van der Waals surface area (Å²) >= 11 is 12.0. The van der Waals surface area contributed by atoms with Crippen LogP contribution in [0.25, 0.3) is 0 Å². The molecule has 2 rings (SSSR count). The number of aryl methyl sites for hydroxylation is 2. The SMILES string of the molecule is Cc1nn(C)c(COC(=O)c2ccc(N)cc2Cl)c1Cl. The molecule has 2 aromatic rings. The number of carbonyl (C=O) groups is 1. The van der Waals surface area contributed by atoms with Crippen molar-refractivity contribution in [2.45, 2.75) is 13.5 Å². The number of rotatable bonds is 3. The van der Waals surface area contributed by atoms with Gasteiger partial charge >= 0.3 is 5.97 Å². The minimum Gasteiger partial charge on any atom is -0.455 e. The van der Waals surface area contributed by atoms with Gasteiger partial charge in [-0.05, 0) is 25.1 Å². The zero-order valence-corrected chi connectivity index (χ0v) is 12.5. The van der Waals surface area contributed by atoms with E-state index in [0.717, 1.165) is 0 Å². The van der Waals surface area contributed by atoms with Crippen LogP contribution >= 0.6 is 23.2 Å². The number of nitrogens with two attached hydrogens (primary N) is 1. The van der Waals surface area contributed by atoms with Crippen LogP contribution in [0.3, 0.4) is 0 Å². The van der Waals surface area contributed by atoms with E-state index in [4.69, 9.17) is 33.7 Å². The Balaban J connectivity index is 2.12. The molecule has 1 heterocycles. The molecule has 1 aromatic carbocycles. The topological polar surface area (TPSA) is 70.1 Å². The lowest BCUT2D eigenvalue weighted by Gasteiger charge is -2.07. The Labute approximate surface area is 126 Å². The van der Waals surface area contributed by atoms with Crippen molar-refractivity contribution in [1.29, 1.82) is 0 Å². The lowest BCUT2D eigenvalue weighted by atomic mass is 10.2. The van der Waals surface area contributed by atoms with Gasteiger partial charge in [-0.1, -0.05) is 23.2 Å². The van der Waals surface area contributed by atoms with E-state index >= 15 is 0 Å². The van der Waals surface area contributed by atoms with Crippen molar-refractivity contribution in [3.05, 3.63) is 45.2 Å². The summed E-state index contributed by atoms with van der Waals surface area (Å²) < 4.78 is 6.78. The van der Waals surface area contributed by atoms with E-state index in [1.807, 2.05) is 0 Å². The fraction of sp³-hybridized carbons (Fsp3) is 0.231. The highest BCUT2D eigenvalue weighted by Gasteiger charge is 2.16. The summed E-state index contributed by atoms with van der Waals surface area (Å²) in [5, 5.41) is 4.88. The molecule has 20 heavy (non-hydrogen) atoms. The third-order valence-electron chi connectivity index (χ3n) is 2.81. The Morgan fingerprint density at radius 3 is 2.70 bits per heavy atom. The zero-order valence-electron chi connectivity index (χ0n) is 11.0. The average Bonchev–Trinajstić information content (AvgIpc) is 2.61. The summed E-state index contributed by atoms with van der Waals surface area (Å²) in [6, 6.07) is 4.61. The molecule has 0 saturated heterocycles. The highest BCUT2D eigenvalue weighted by Crippen LogP contribution is 2.23. The van der Waals surface area contributed by atoms with E-state index in [-0.39, 0.29) is 17.2 Å². The van der Waals surface area contributed by atoms with Gasteiger partial charge in [0.05, 0.1) is 27.0 Å². The average molecular weight is 314 g/mol. The molecule has 0 aliphatic rings. The predicted octanol–water partition coefficient (Wildman–Crippen LogP) is 2.97. The molecule has 5 nitrogen and oxygen atoms in total. The van der Waals surface area contributed by atoms with Crippen LogP contribution < -0.4 is 5.73 Å². The van der Waals surface area contributed by atoms with Crippen molar-refractivity contribution in [3.8, 4) is 0 Å². The third-order valence-corrected chi connectivity index (χ3v) is 3.62. The molecule has 0 fully saturated rings. The fourth-order valence-corrected chi connectivity index (χ4v) is 2.23. The first-order valence-corrected chi connectivity index (χ1v) is 6.56. The van der Waals surface area contributed by atoms with Crippen molar-refractivity contribution in [2.75, 3.05) is 5.73 Å². The molecule has 0 aliphatic carbocycles. The Hall–Kier alpha value is -1.72. The molecule has 0 aliphatic heterocycles. The van der Waals surface area contributed by atoms with Crippen LogP contribution in [-0.4, -0.2) is 15.7 Å². The van der Waals surface area contributed by atoms with Crippen molar-refractivity contribution in [2.24, 2.45) is 7.05 Å². The Bertz CT molecular complexity index is 668. The van der Waals surface area contributed by atoms with Crippen LogP contribution in [0.2, 0.25) is 10.0 Å². The van der Waals surface area contributed by atoms with Crippen molar-refractivity contribution < 1.29 is 9.53 Å². The quantitative estimate of drug-likeness (QED) is 0.698. The molecule has 0 spiro atoms. The standard InChI is InChI=1S/C13H13Cl2N3O2/c1-7-12(15)11(18(2)17-7)6-20-13(19)9-4-3-8(16)5-10(9)14/h3-5H,6,16H2,1-2H3. The van der Waals surface area contributed by atoms with E-state index < -0.39 is 5.97 Å². The second kappa shape index (κ2) is 5.73. The minimum atomic E-state index is -0.537. The molecular weight excluding hydrogens is 301 g/mol. The monoisotopic (exact) mass is 313 g/mol. The molecule has 2 N–H and O–H groups in total. The van der Waals surface area contributed by atoms with E-state index in [1.165, 1.54) is 12.1 Å². The number of carbonyl (C=O) groups excluding carboxylic acids is 1. The van der Waals surface area contributed by atoms with Gasteiger partial charge < -0.3 is 10.5 Å². The summed E-state index contributed by atoms with van der Waals surface area (Å²) in [7, 11) is 1.73. The smallest absolute Gasteiger partial charge is 0.340 e. The second-order valence-electron chi connectivity index (χ2n) is 4.29. The highest BCUT2D eigenvalue weighted by molar-refractivity contribution is 6.34. The normalized spacial score (nSPS) is 10.6. The molecule has 7 heteroatoms. The molecule has 0 radical (unpaired) electrons. The van der Waals surface area contributed by atoms with Gasteiger partial charge in [-0.2, -0.15) is 5.10 Å². The largest absolute Gasteiger partial charge is 0.455 e. The van der Waals surface area contributed by atoms with Crippen LogP contribution in [0.15, 0.2) is 18.2 Å². The van der Waals surface area contributed by atoms with E-state index in [1.54, 1.807) is 24.7 Å². The van der Waals surface area contributed by atoms with Crippen LogP contribution in [0.4, 0.5) is 5.69 Å². The van der Waals surface area contributed by atoms with E-state index in [0.29, 0.717) is 22.1 Å². The van der Waals surface area contributed by atoms with Gasteiger partial charge in [-0.15, -0.1) is 0 Å². The maximum Gasteiger partial charge on any atom is 0.340 e. The first-order chi connectivity index (χ1) is 9.40. The lowest BCUT2D eigenvalue weighted by Crippen LogP contribution is -2.09. The number of esters is 1. The first-order valence-electron chi connectivity index (χ1n) is 5.80. The molecule has 0 bridgehead atoms. The zero-order chi connectivity index (χ0) is 14.9. The number of ether oxygens (including phenoxy) is 1. The number of nitrogens with zero attached hydrogens (tertiary/aromatic N) is 2. The predicted molar refractivity (Wildman–Crippen MR) is 77.9 cm³/mol. The minimum absolute atomic E-state index is 0.0235. The van der Waals surface area contributed by atoms with Gasteiger partial charge in [0.2, 0.25) is 0 Å². The Morgan fingerprint density at radius 2 is 2.15 bits per heavy atom. The molecule has 0 saturated carbocycles. The summed E-state index contributed by atoms with van der Waals surface area (Å²) in [5.41, 5.74) is 7.63. The molecule has 106 valence electrons. The molecule has 1 aromatic heterocycles. The number of aromatic nitrogens is 2. The van der Waals surface area contributed by atoms with E-state index in [2.05, 4.69) is 5.10 Å². The van der Waals surface area contributed by atoms with Gasteiger partial charge in [-0.25, -0.2) is 4.79 Å². The summed E-state index contributed by atoms with van der Waals surface area (Å²) in [4.78, 5) is 12.0. The van der Waals surface area contributed by atoms with Crippen LogP contribution in [0.5, 0.6) is 0 Å². The van der Waals surface area contributed by atoms with Crippen LogP contribution in [0.1, 0.15) is 21.7 Å². The van der Waals surface area contributed by atoms with E-state index in [9.17, 15) is 4.79 Å². The molecular formula is C13H13Cl2N3O2. The van der Waals surface area contributed by atoms with Crippen molar-refractivity contribution >= 4 is 34.9 Å². The van der Waals surface area contributed by atoms with Crippen LogP contribution in [-0.2, 0) is 18.4 Å². The molecule has 0 unspecified atom stereocenters. The number of hydrogen-bond acceptors (Lipinski definition) is 4. The number of hydrogen-bond donors (Lipinski definition) is 1. The number of anilines is 1. The van der Waals surface area contributed by atoms with Crippen molar-refractivity contribution in [3.63, 3.8) is 0 Å². The van der Waals surface area contributed by atoms with Gasteiger partial charge in [-0.3, -0.25) is 4.68 Å². The number of nitrogen functional groups attached to an aromatic ring is 1. The van der Waals surface area contributed by atoms with Gasteiger partial charge in [0, 0.05) is 12.7 Å². The number of benzene rings is 1. The van der Waals surface area contributed by atoms with Crippen molar-refractivity contribution in [1.82, 2.24) is 9.78 Å². The summed E-state index contributed by atoms with van der Waals surface area (Å²) in [6.45, 7) is 1.81. The van der Waals surface area contributed by atoms with Gasteiger partial charge in [0.25, 0.3) is 0 Å². The summed E-state index contributed by atoms with van der Waals surface area (Å²) in [5.74, 6) is -0.537. The van der Waals surface area contributed by atoms with Crippen LogP contribution in [0, 0.1) is 6.92 Å². The highest BCUT2D eigenvalue weighted by atomic mass is 35.5. The third kappa shape index (κ3) is 2.89. The van der Waals surface area contributed by atoms with Gasteiger partial charge in [0.1, 0.15) is 6.61 Å². The van der Waals surface area contributed by atoms with Gasteiger partial charge in [0.15, 0.2) is 0 Å². The Morgan fingerprint density at radius 1 is 1.45 bits per heavy atom.